The van der Waals surface area contributed by atoms with E-state index < -0.39 is 39.2 Å². The number of sulfonamides is 1. The second kappa shape index (κ2) is 8.83. The number of ether oxygens (including phenoxy) is 1. The largest absolute Gasteiger partial charge is 0.490 e. The molecule has 1 saturated carbocycles. The molecule has 0 unspecified atom stereocenters. The number of benzene rings is 1. The van der Waals surface area contributed by atoms with Crippen molar-refractivity contribution in [3.05, 3.63) is 42.1 Å². The van der Waals surface area contributed by atoms with Crippen LogP contribution in [0.5, 0.6) is 5.75 Å². The lowest BCUT2D eigenvalue weighted by Gasteiger charge is -2.38. The minimum absolute atomic E-state index is 0.0107. The van der Waals surface area contributed by atoms with Gasteiger partial charge in [-0.15, -0.1) is 0 Å². The van der Waals surface area contributed by atoms with Gasteiger partial charge in [-0.3, -0.25) is 15.6 Å². The van der Waals surface area contributed by atoms with Gasteiger partial charge in [0.2, 0.25) is 0 Å². The van der Waals surface area contributed by atoms with E-state index in [9.17, 15) is 21.6 Å². The molecule has 0 bridgehead atoms. The summed E-state index contributed by atoms with van der Waals surface area (Å²) >= 11 is 0. The van der Waals surface area contributed by atoms with Crippen LogP contribution < -0.4 is 20.3 Å². The van der Waals surface area contributed by atoms with Crippen molar-refractivity contribution >= 4 is 15.8 Å². The smallest absolute Gasteiger partial charge is 0.265 e. The first-order valence-electron chi connectivity index (χ1n) is 10.2. The molecular weight excluding hydrogens is 447 g/mol. The Kier molecular flexibility index (Phi) is 6.28. The number of hydrazine groups is 1. The minimum atomic E-state index is -4.27. The highest BCUT2D eigenvalue weighted by atomic mass is 32.2. The summed E-state index contributed by atoms with van der Waals surface area (Å²) in [6.07, 6.45) is 1.29. The second-order valence-electron chi connectivity index (χ2n) is 8.19. The van der Waals surface area contributed by atoms with Gasteiger partial charge in [0.25, 0.3) is 15.9 Å². The summed E-state index contributed by atoms with van der Waals surface area (Å²) in [4.78, 5) is 6.87. The number of alkyl halides is 2. The van der Waals surface area contributed by atoms with Gasteiger partial charge in [-0.25, -0.2) is 31.6 Å². The molecule has 32 heavy (non-hydrogen) atoms. The highest BCUT2D eigenvalue weighted by Gasteiger charge is 2.46. The van der Waals surface area contributed by atoms with Crippen LogP contribution in [-0.2, 0) is 10.0 Å². The molecule has 1 aliphatic carbocycles. The molecule has 174 valence electrons. The summed E-state index contributed by atoms with van der Waals surface area (Å²) in [7, 11) is -4.27. The Bertz CT molecular complexity index is 1070. The Morgan fingerprint density at radius 3 is 2.69 bits per heavy atom. The molecule has 2 atom stereocenters. The molecule has 2 aliphatic rings. The Morgan fingerprint density at radius 1 is 1.25 bits per heavy atom. The Labute approximate surface area is 184 Å². The molecule has 1 aromatic heterocycles. The Morgan fingerprint density at radius 2 is 2.00 bits per heavy atom. The number of aromatic nitrogens is 2. The number of nitrogens with zero attached hydrogens (tertiary/aromatic N) is 2. The molecule has 3 N–H and O–H groups in total. The number of hydrogen-bond acceptors (Lipinski definition) is 7. The monoisotopic (exact) mass is 471 g/mol. The average molecular weight is 472 g/mol. The van der Waals surface area contributed by atoms with Gasteiger partial charge in [-0.1, -0.05) is 0 Å². The number of aryl methyl sites for hydroxylation is 1. The van der Waals surface area contributed by atoms with Gasteiger partial charge in [-0.2, -0.15) is 0 Å². The van der Waals surface area contributed by atoms with E-state index in [0.29, 0.717) is 25.1 Å². The standard InChI is InChI=1S/C20H24F3N5O3S/c1-12-6-18(32(29,30)28-19-3-5-24-11-25-19)15(21)7-16(12)31-17-8-20(22,23)4-2-14(17)13-9-26-27-10-13/h3,5-7,11,13-14,17,26-27H,2,4,8-10H2,1H3,(H,24,25,28)/t14-,17+/m0/s1. The van der Waals surface area contributed by atoms with E-state index >= 15 is 0 Å². The number of hydrogen-bond donors (Lipinski definition) is 3. The van der Waals surface area contributed by atoms with E-state index in [4.69, 9.17) is 4.74 Å². The molecule has 0 spiro atoms. The third-order valence-corrected chi connectivity index (χ3v) is 7.27. The number of rotatable bonds is 6. The van der Waals surface area contributed by atoms with Crippen LogP contribution in [0.15, 0.2) is 35.6 Å². The summed E-state index contributed by atoms with van der Waals surface area (Å²) in [5.74, 6) is -3.90. The SMILES string of the molecule is Cc1cc(S(=O)(=O)Nc2ccncn2)c(F)cc1O[C@@H]1CC(F)(F)CC[C@H]1C1CNNC1. The van der Waals surface area contributed by atoms with Crippen molar-refractivity contribution < 1.29 is 26.3 Å². The highest BCUT2D eigenvalue weighted by molar-refractivity contribution is 7.92. The van der Waals surface area contributed by atoms with E-state index in [1.807, 2.05) is 0 Å². The van der Waals surface area contributed by atoms with E-state index in [2.05, 4.69) is 25.5 Å². The van der Waals surface area contributed by atoms with E-state index in [-0.39, 0.29) is 29.8 Å². The van der Waals surface area contributed by atoms with Gasteiger partial charge >= 0.3 is 0 Å². The van der Waals surface area contributed by atoms with Crippen molar-refractivity contribution in [3.63, 3.8) is 0 Å². The van der Waals surface area contributed by atoms with Gasteiger partial charge in [0.15, 0.2) is 0 Å². The maximum atomic E-state index is 14.8. The number of anilines is 1. The summed E-state index contributed by atoms with van der Waals surface area (Å²) in [6.45, 7) is 2.82. The summed E-state index contributed by atoms with van der Waals surface area (Å²) in [6, 6.07) is 3.40. The Balaban J connectivity index is 1.58. The van der Waals surface area contributed by atoms with Crippen LogP contribution in [0, 0.1) is 24.6 Å². The maximum Gasteiger partial charge on any atom is 0.265 e. The number of nitrogens with one attached hydrogen (secondary N) is 3. The fraction of sp³-hybridized carbons (Fsp3) is 0.500. The van der Waals surface area contributed by atoms with Crippen LogP contribution >= 0.6 is 0 Å². The fourth-order valence-corrected chi connectivity index (χ4v) is 5.39. The van der Waals surface area contributed by atoms with Gasteiger partial charge < -0.3 is 4.74 Å². The molecule has 1 aromatic carbocycles. The number of halogens is 3. The topological polar surface area (TPSA) is 105 Å². The minimum Gasteiger partial charge on any atom is -0.490 e. The lowest BCUT2D eigenvalue weighted by molar-refractivity contribution is -0.0976. The molecule has 4 rings (SSSR count). The van der Waals surface area contributed by atoms with Gasteiger partial charge in [0.1, 0.15) is 34.7 Å². The fourth-order valence-electron chi connectivity index (χ4n) is 4.24. The van der Waals surface area contributed by atoms with Gasteiger partial charge in [0.05, 0.1) is 0 Å². The first-order valence-corrected chi connectivity index (χ1v) is 11.7. The second-order valence-corrected chi connectivity index (χ2v) is 9.84. The van der Waals surface area contributed by atoms with Crippen molar-refractivity contribution in [2.24, 2.45) is 11.8 Å². The van der Waals surface area contributed by atoms with Crippen molar-refractivity contribution in [1.82, 2.24) is 20.8 Å². The maximum absolute atomic E-state index is 14.8. The molecule has 1 saturated heterocycles. The third-order valence-electron chi connectivity index (χ3n) is 5.90. The highest BCUT2D eigenvalue weighted by Crippen LogP contribution is 2.42. The molecule has 2 heterocycles. The summed E-state index contributed by atoms with van der Waals surface area (Å²) in [5.41, 5.74) is 6.33. The zero-order valence-corrected chi connectivity index (χ0v) is 18.1. The van der Waals surface area contributed by atoms with Crippen LogP contribution in [0.2, 0.25) is 0 Å². The van der Waals surface area contributed by atoms with Crippen molar-refractivity contribution in [2.45, 2.75) is 43.1 Å². The van der Waals surface area contributed by atoms with E-state index in [1.54, 1.807) is 6.92 Å². The molecule has 2 aromatic rings. The first-order chi connectivity index (χ1) is 15.1. The Hall–Kier alpha value is -2.44. The summed E-state index contributed by atoms with van der Waals surface area (Å²) in [5, 5.41) is 0. The molecule has 1 aliphatic heterocycles. The molecule has 2 fully saturated rings. The first kappa shape index (κ1) is 22.7. The molecular formula is C20H24F3N5O3S. The van der Waals surface area contributed by atoms with E-state index in [1.165, 1.54) is 12.3 Å². The van der Waals surface area contributed by atoms with Crippen LogP contribution in [0.3, 0.4) is 0 Å². The van der Waals surface area contributed by atoms with Gasteiger partial charge in [0, 0.05) is 44.1 Å². The lowest BCUT2D eigenvalue weighted by Crippen LogP contribution is -2.44. The van der Waals surface area contributed by atoms with Crippen molar-refractivity contribution in [3.8, 4) is 5.75 Å². The molecule has 0 radical (unpaired) electrons. The van der Waals surface area contributed by atoms with E-state index in [0.717, 1.165) is 18.5 Å². The normalized spacial score (nSPS) is 23.8. The van der Waals surface area contributed by atoms with Gasteiger partial charge in [-0.05, 0) is 37.0 Å². The lowest BCUT2D eigenvalue weighted by atomic mass is 9.76. The van der Waals surface area contributed by atoms with Crippen LogP contribution in [0.25, 0.3) is 0 Å². The quantitative estimate of drug-likeness (QED) is 0.595. The van der Waals surface area contributed by atoms with Crippen molar-refractivity contribution in [2.75, 3.05) is 17.8 Å². The third kappa shape index (κ3) is 4.97. The van der Waals surface area contributed by atoms with Crippen LogP contribution in [0.1, 0.15) is 24.8 Å². The zero-order chi connectivity index (χ0) is 22.9. The summed E-state index contributed by atoms with van der Waals surface area (Å²) < 4.78 is 76.4. The average Bonchev–Trinajstić information content (AvgIpc) is 3.25. The van der Waals surface area contributed by atoms with Crippen LogP contribution in [-0.4, -0.2) is 43.5 Å². The zero-order valence-electron chi connectivity index (χ0n) is 17.3. The predicted octanol–water partition coefficient (Wildman–Crippen LogP) is 2.63. The molecule has 0 amide bonds. The molecule has 12 heteroatoms. The predicted molar refractivity (Wildman–Crippen MR) is 110 cm³/mol. The van der Waals surface area contributed by atoms with Crippen LogP contribution in [0.4, 0.5) is 19.0 Å². The molecule has 8 nitrogen and oxygen atoms in total. The van der Waals surface area contributed by atoms with Crippen molar-refractivity contribution in [1.29, 1.82) is 0 Å².